The standard InChI is InChI=1S/C15H20O2/c1-4-11(2)9-14(15(16)17)10-13-7-5-6-12(3)8-13/h5-8,14H,2,4,9-10H2,1,3H3,(H,16,17). The summed E-state index contributed by atoms with van der Waals surface area (Å²) in [6.07, 6.45) is 1.99. The third kappa shape index (κ3) is 4.43. The largest absolute Gasteiger partial charge is 0.481 e. The Morgan fingerprint density at radius 1 is 1.47 bits per heavy atom. The van der Waals surface area contributed by atoms with E-state index in [0.29, 0.717) is 12.8 Å². The average Bonchev–Trinajstić information content (AvgIpc) is 2.27. The van der Waals surface area contributed by atoms with Gasteiger partial charge >= 0.3 is 5.97 Å². The first kappa shape index (κ1) is 13.5. The molecule has 0 radical (unpaired) electrons. The van der Waals surface area contributed by atoms with Crippen LogP contribution in [-0.4, -0.2) is 11.1 Å². The molecule has 0 amide bonds. The van der Waals surface area contributed by atoms with E-state index in [-0.39, 0.29) is 5.92 Å². The van der Waals surface area contributed by atoms with Gasteiger partial charge in [0.05, 0.1) is 5.92 Å². The van der Waals surface area contributed by atoms with Gasteiger partial charge in [0.2, 0.25) is 0 Å². The minimum atomic E-state index is -0.735. The lowest BCUT2D eigenvalue weighted by Crippen LogP contribution is -2.17. The highest BCUT2D eigenvalue weighted by molar-refractivity contribution is 5.70. The Hall–Kier alpha value is -1.57. The fourth-order valence-corrected chi connectivity index (χ4v) is 1.86. The number of hydrogen-bond donors (Lipinski definition) is 1. The second-order valence-corrected chi connectivity index (χ2v) is 4.54. The molecule has 1 atom stereocenters. The van der Waals surface area contributed by atoms with Crippen molar-refractivity contribution in [1.29, 1.82) is 0 Å². The van der Waals surface area contributed by atoms with E-state index >= 15 is 0 Å². The fourth-order valence-electron chi connectivity index (χ4n) is 1.86. The monoisotopic (exact) mass is 232 g/mol. The predicted molar refractivity (Wildman–Crippen MR) is 70.1 cm³/mol. The van der Waals surface area contributed by atoms with Crippen molar-refractivity contribution >= 4 is 5.97 Å². The maximum atomic E-state index is 11.2. The SMILES string of the molecule is C=C(CC)CC(Cc1cccc(C)c1)C(=O)O. The Morgan fingerprint density at radius 3 is 2.71 bits per heavy atom. The lowest BCUT2D eigenvalue weighted by molar-refractivity contribution is -0.141. The van der Waals surface area contributed by atoms with Crippen LogP contribution in [0.25, 0.3) is 0 Å². The number of hydrogen-bond acceptors (Lipinski definition) is 1. The number of benzene rings is 1. The van der Waals surface area contributed by atoms with Gasteiger partial charge in [-0.15, -0.1) is 0 Å². The summed E-state index contributed by atoms with van der Waals surface area (Å²) >= 11 is 0. The Bertz CT molecular complexity index is 407. The number of allylic oxidation sites excluding steroid dienone is 1. The van der Waals surface area contributed by atoms with Crippen LogP contribution in [0.4, 0.5) is 0 Å². The van der Waals surface area contributed by atoms with E-state index in [0.717, 1.165) is 17.6 Å². The van der Waals surface area contributed by atoms with Crippen LogP contribution in [0.1, 0.15) is 30.9 Å². The first-order valence-corrected chi connectivity index (χ1v) is 5.98. The van der Waals surface area contributed by atoms with E-state index in [1.165, 1.54) is 5.56 Å². The molecule has 92 valence electrons. The number of carbonyl (C=O) groups is 1. The zero-order valence-corrected chi connectivity index (χ0v) is 10.6. The van der Waals surface area contributed by atoms with Crippen molar-refractivity contribution in [3.8, 4) is 0 Å². The summed E-state index contributed by atoms with van der Waals surface area (Å²) < 4.78 is 0. The number of rotatable bonds is 6. The quantitative estimate of drug-likeness (QED) is 0.761. The van der Waals surface area contributed by atoms with E-state index in [4.69, 9.17) is 0 Å². The molecule has 1 unspecified atom stereocenters. The summed E-state index contributed by atoms with van der Waals surface area (Å²) in [6, 6.07) is 8.02. The van der Waals surface area contributed by atoms with Gasteiger partial charge in [-0.25, -0.2) is 0 Å². The van der Waals surface area contributed by atoms with E-state index in [1.807, 2.05) is 38.1 Å². The topological polar surface area (TPSA) is 37.3 Å². The summed E-state index contributed by atoms with van der Waals surface area (Å²) in [6.45, 7) is 7.92. The highest BCUT2D eigenvalue weighted by Gasteiger charge is 2.18. The normalized spacial score (nSPS) is 12.1. The predicted octanol–water partition coefficient (Wildman–Crippen LogP) is 3.59. The number of carboxylic acids is 1. The third-order valence-electron chi connectivity index (χ3n) is 2.95. The summed E-state index contributed by atoms with van der Waals surface area (Å²) in [7, 11) is 0. The molecule has 0 aliphatic rings. The molecule has 0 heterocycles. The van der Waals surface area contributed by atoms with Gasteiger partial charge in [0, 0.05) is 0 Å². The maximum Gasteiger partial charge on any atom is 0.307 e. The number of carboxylic acid groups (broad SMARTS) is 1. The molecule has 0 aliphatic heterocycles. The third-order valence-corrected chi connectivity index (χ3v) is 2.95. The van der Waals surface area contributed by atoms with Gasteiger partial charge in [-0.1, -0.05) is 48.9 Å². The summed E-state index contributed by atoms with van der Waals surface area (Å²) in [5.74, 6) is -1.09. The Morgan fingerprint density at radius 2 is 2.18 bits per heavy atom. The van der Waals surface area contributed by atoms with Crippen molar-refractivity contribution < 1.29 is 9.90 Å². The lowest BCUT2D eigenvalue weighted by Gasteiger charge is -2.13. The van der Waals surface area contributed by atoms with Crippen molar-refractivity contribution in [1.82, 2.24) is 0 Å². The van der Waals surface area contributed by atoms with Crippen molar-refractivity contribution in [2.45, 2.75) is 33.1 Å². The molecular weight excluding hydrogens is 212 g/mol. The molecule has 0 bridgehead atoms. The summed E-state index contributed by atoms with van der Waals surface area (Å²) in [5.41, 5.74) is 3.26. The van der Waals surface area contributed by atoms with Crippen molar-refractivity contribution in [2.24, 2.45) is 5.92 Å². The van der Waals surface area contributed by atoms with E-state index in [1.54, 1.807) is 0 Å². The Balaban J connectivity index is 2.73. The van der Waals surface area contributed by atoms with Crippen molar-refractivity contribution in [3.63, 3.8) is 0 Å². The first-order chi connectivity index (χ1) is 8.02. The van der Waals surface area contributed by atoms with E-state index in [2.05, 4.69) is 6.58 Å². The van der Waals surface area contributed by atoms with Crippen LogP contribution in [0.3, 0.4) is 0 Å². The van der Waals surface area contributed by atoms with Gasteiger partial charge < -0.3 is 5.11 Å². The molecule has 0 aliphatic carbocycles. The zero-order valence-electron chi connectivity index (χ0n) is 10.6. The Kier molecular flexibility index (Phi) is 4.95. The summed E-state index contributed by atoms with van der Waals surface area (Å²) in [4.78, 5) is 11.2. The molecule has 2 heteroatoms. The van der Waals surface area contributed by atoms with Crippen LogP contribution in [0.5, 0.6) is 0 Å². The van der Waals surface area contributed by atoms with Gasteiger partial charge in [-0.3, -0.25) is 4.79 Å². The van der Waals surface area contributed by atoms with Crippen LogP contribution in [0.2, 0.25) is 0 Å². The average molecular weight is 232 g/mol. The highest BCUT2D eigenvalue weighted by atomic mass is 16.4. The molecule has 1 N–H and O–H groups in total. The molecule has 0 saturated heterocycles. The van der Waals surface area contributed by atoms with Gasteiger partial charge in [0.25, 0.3) is 0 Å². The highest BCUT2D eigenvalue weighted by Crippen LogP contribution is 2.19. The molecule has 1 aromatic rings. The lowest BCUT2D eigenvalue weighted by atomic mass is 9.92. The smallest absolute Gasteiger partial charge is 0.307 e. The maximum absolute atomic E-state index is 11.2. The first-order valence-electron chi connectivity index (χ1n) is 5.98. The van der Waals surface area contributed by atoms with Crippen LogP contribution in [-0.2, 0) is 11.2 Å². The fraction of sp³-hybridized carbons (Fsp3) is 0.400. The van der Waals surface area contributed by atoms with Gasteiger partial charge in [-0.2, -0.15) is 0 Å². The molecule has 1 rings (SSSR count). The van der Waals surface area contributed by atoms with Crippen LogP contribution < -0.4 is 0 Å². The molecule has 0 fully saturated rings. The second-order valence-electron chi connectivity index (χ2n) is 4.54. The minimum absolute atomic E-state index is 0.357. The molecule has 1 aromatic carbocycles. The van der Waals surface area contributed by atoms with Crippen LogP contribution >= 0.6 is 0 Å². The molecule has 2 nitrogen and oxygen atoms in total. The second kappa shape index (κ2) is 6.24. The molecule has 0 spiro atoms. The molecule has 0 aromatic heterocycles. The minimum Gasteiger partial charge on any atom is -0.481 e. The van der Waals surface area contributed by atoms with Crippen LogP contribution in [0.15, 0.2) is 36.4 Å². The van der Waals surface area contributed by atoms with E-state index in [9.17, 15) is 9.90 Å². The zero-order chi connectivity index (χ0) is 12.8. The molecule has 17 heavy (non-hydrogen) atoms. The molecule has 0 saturated carbocycles. The van der Waals surface area contributed by atoms with Crippen LogP contribution in [0, 0.1) is 12.8 Å². The summed E-state index contributed by atoms with van der Waals surface area (Å²) in [5, 5.41) is 9.21. The number of aliphatic carboxylic acids is 1. The van der Waals surface area contributed by atoms with Gasteiger partial charge in [0.1, 0.15) is 0 Å². The van der Waals surface area contributed by atoms with Gasteiger partial charge in [-0.05, 0) is 31.7 Å². The van der Waals surface area contributed by atoms with Gasteiger partial charge in [0.15, 0.2) is 0 Å². The van der Waals surface area contributed by atoms with Crippen molar-refractivity contribution in [3.05, 3.63) is 47.5 Å². The van der Waals surface area contributed by atoms with Crippen molar-refractivity contribution in [2.75, 3.05) is 0 Å². The number of aryl methyl sites for hydroxylation is 1. The van der Waals surface area contributed by atoms with E-state index < -0.39 is 5.97 Å². The molecular formula is C15H20O2. The Labute approximate surface area is 103 Å².